The summed E-state index contributed by atoms with van der Waals surface area (Å²) >= 11 is 0. The number of hydrogen-bond acceptors (Lipinski definition) is 6. The molecule has 0 saturated heterocycles. The maximum Gasteiger partial charge on any atom is 0.315 e. The quantitative estimate of drug-likeness (QED) is 0.519. The normalized spacial score (nSPS) is 19.1. The van der Waals surface area contributed by atoms with Crippen LogP contribution in [0.2, 0.25) is 0 Å². The van der Waals surface area contributed by atoms with E-state index in [1.807, 2.05) is 42.3 Å². The Bertz CT molecular complexity index is 878. The van der Waals surface area contributed by atoms with Gasteiger partial charge in [0.1, 0.15) is 23.3 Å². The van der Waals surface area contributed by atoms with E-state index in [9.17, 15) is 15.3 Å². The maximum absolute atomic E-state index is 12.5. The molecule has 6 heteroatoms. The molecule has 1 heterocycles. The van der Waals surface area contributed by atoms with Gasteiger partial charge in [-0.15, -0.1) is 0 Å². The first kappa shape index (κ1) is 17.9. The molecule has 2 rings (SSSR count). The fraction of sp³-hybridized carbons (Fsp3) is 0.263. The molecule has 0 spiro atoms. The van der Waals surface area contributed by atoms with Gasteiger partial charge in [-0.3, -0.25) is 15.2 Å². The molecule has 124 valence electrons. The first-order valence-corrected chi connectivity index (χ1v) is 7.70. The SMILES string of the molecule is CCOC(=O)C1C(C)=NC(C(=C=N)C#N)=C(C#N)[C@H]1c1ccccc1. The molecular weight excluding hydrogens is 316 g/mol. The minimum absolute atomic E-state index is 0.0897. The van der Waals surface area contributed by atoms with Crippen LogP contribution in [-0.2, 0) is 9.53 Å². The lowest BCUT2D eigenvalue weighted by Gasteiger charge is -2.30. The molecule has 1 aliphatic heterocycles. The van der Waals surface area contributed by atoms with Crippen molar-refractivity contribution in [3.05, 3.63) is 52.7 Å². The van der Waals surface area contributed by atoms with E-state index in [4.69, 9.17) is 10.1 Å². The van der Waals surface area contributed by atoms with Gasteiger partial charge in [-0.05, 0) is 25.3 Å². The fourth-order valence-corrected chi connectivity index (χ4v) is 2.87. The highest BCUT2D eigenvalue weighted by Crippen LogP contribution is 2.40. The minimum Gasteiger partial charge on any atom is -0.465 e. The first-order valence-electron chi connectivity index (χ1n) is 7.70. The lowest BCUT2D eigenvalue weighted by Crippen LogP contribution is -2.34. The lowest BCUT2D eigenvalue weighted by atomic mass is 9.75. The molecular formula is C19H16N4O2. The van der Waals surface area contributed by atoms with Crippen LogP contribution in [0.25, 0.3) is 0 Å². The number of ether oxygens (including phenoxy) is 1. The van der Waals surface area contributed by atoms with E-state index in [1.165, 1.54) is 0 Å². The summed E-state index contributed by atoms with van der Waals surface area (Å²) in [6, 6.07) is 13.0. The molecule has 0 amide bonds. The zero-order valence-electron chi connectivity index (χ0n) is 13.9. The molecule has 6 nitrogen and oxygen atoms in total. The van der Waals surface area contributed by atoms with Crippen molar-refractivity contribution in [1.29, 1.82) is 15.9 Å². The van der Waals surface area contributed by atoms with E-state index in [0.29, 0.717) is 5.71 Å². The predicted molar refractivity (Wildman–Crippen MR) is 91.9 cm³/mol. The maximum atomic E-state index is 12.5. The molecule has 1 aromatic carbocycles. The highest BCUT2D eigenvalue weighted by molar-refractivity contribution is 6.04. The number of rotatable bonds is 4. The van der Waals surface area contributed by atoms with Crippen LogP contribution < -0.4 is 0 Å². The average Bonchev–Trinajstić information content (AvgIpc) is 2.63. The van der Waals surface area contributed by atoms with Gasteiger partial charge in [-0.1, -0.05) is 30.3 Å². The summed E-state index contributed by atoms with van der Waals surface area (Å²) < 4.78 is 5.17. The fourth-order valence-electron chi connectivity index (χ4n) is 2.87. The summed E-state index contributed by atoms with van der Waals surface area (Å²) in [5, 5.41) is 26.2. The Morgan fingerprint density at radius 3 is 2.52 bits per heavy atom. The predicted octanol–water partition coefficient (Wildman–Crippen LogP) is 2.90. The largest absolute Gasteiger partial charge is 0.465 e. The summed E-state index contributed by atoms with van der Waals surface area (Å²) in [6.07, 6.45) is 0. The van der Waals surface area contributed by atoms with E-state index in [-0.39, 0.29) is 23.5 Å². The number of nitrogens with zero attached hydrogens (tertiary/aromatic N) is 3. The molecule has 0 saturated carbocycles. The molecule has 1 aliphatic rings. The van der Waals surface area contributed by atoms with E-state index in [0.717, 1.165) is 5.56 Å². The second-order valence-corrected chi connectivity index (χ2v) is 5.36. The van der Waals surface area contributed by atoms with Gasteiger partial charge in [-0.2, -0.15) is 10.5 Å². The van der Waals surface area contributed by atoms with Crippen LogP contribution in [0.3, 0.4) is 0 Å². The number of nitriles is 2. The van der Waals surface area contributed by atoms with Crippen molar-refractivity contribution in [1.82, 2.24) is 0 Å². The van der Waals surface area contributed by atoms with Gasteiger partial charge in [0, 0.05) is 11.6 Å². The van der Waals surface area contributed by atoms with Crippen molar-refractivity contribution >= 4 is 17.6 Å². The minimum atomic E-state index is -0.758. The van der Waals surface area contributed by atoms with Crippen molar-refractivity contribution in [2.45, 2.75) is 19.8 Å². The Morgan fingerprint density at radius 1 is 1.32 bits per heavy atom. The van der Waals surface area contributed by atoms with Crippen LogP contribution in [0, 0.1) is 34.0 Å². The van der Waals surface area contributed by atoms with Gasteiger partial charge in [-0.25, -0.2) is 0 Å². The molecule has 0 bridgehead atoms. The third-order valence-electron chi connectivity index (χ3n) is 3.93. The number of esters is 1. The van der Waals surface area contributed by atoms with E-state index >= 15 is 0 Å². The smallest absolute Gasteiger partial charge is 0.315 e. The van der Waals surface area contributed by atoms with Gasteiger partial charge < -0.3 is 4.74 Å². The number of nitrogens with one attached hydrogen (secondary N) is 1. The molecule has 0 aromatic heterocycles. The number of allylic oxidation sites excluding steroid dienone is 2. The van der Waals surface area contributed by atoms with Gasteiger partial charge in [0.2, 0.25) is 0 Å². The molecule has 25 heavy (non-hydrogen) atoms. The Balaban J connectivity index is 2.74. The zero-order valence-corrected chi connectivity index (χ0v) is 13.9. The Hall–Kier alpha value is -3.47. The third kappa shape index (κ3) is 3.40. The van der Waals surface area contributed by atoms with Crippen LogP contribution in [0.15, 0.2) is 52.2 Å². The Morgan fingerprint density at radius 2 is 2.00 bits per heavy atom. The Labute approximate surface area is 145 Å². The molecule has 0 radical (unpaired) electrons. The summed E-state index contributed by atoms with van der Waals surface area (Å²) in [7, 11) is 0. The van der Waals surface area contributed by atoms with E-state index < -0.39 is 17.8 Å². The van der Waals surface area contributed by atoms with Crippen molar-refractivity contribution in [3.8, 4) is 12.1 Å². The second kappa shape index (κ2) is 7.88. The number of aliphatic imine (C=N–C) groups is 1. The average molecular weight is 332 g/mol. The Kier molecular flexibility index (Phi) is 5.63. The van der Waals surface area contributed by atoms with Gasteiger partial charge in [0.15, 0.2) is 0 Å². The van der Waals surface area contributed by atoms with Crippen LogP contribution >= 0.6 is 0 Å². The molecule has 1 unspecified atom stereocenters. The monoisotopic (exact) mass is 332 g/mol. The number of benzene rings is 1. The summed E-state index contributed by atoms with van der Waals surface area (Å²) in [5.74, 6) is 0.162. The third-order valence-corrected chi connectivity index (χ3v) is 3.93. The van der Waals surface area contributed by atoms with Gasteiger partial charge in [0.05, 0.1) is 18.2 Å². The number of hydrogen-bond donors (Lipinski definition) is 1. The van der Waals surface area contributed by atoms with Crippen molar-refractivity contribution in [3.63, 3.8) is 0 Å². The molecule has 1 N–H and O–H groups in total. The molecule has 0 aliphatic carbocycles. The number of carbonyl (C=O) groups is 1. The van der Waals surface area contributed by atoms with Gasteiger partial charge in [0.25, 0.3) is 0 Å². The van der Waals surface area contributed by atoms with Crippen molar-refractivity contribution in [2.75, 3.05) is 6.61 Å². The van der Waals surface area contributed by atoms with Gasteiger partial charge >= 0.3 is 5.97 Å². The van der Waals surface area contributed by atoms with E-state index in [2.05, 4.69) is 11.1 Å². The van der Waals surface area contributed by atoms with Crippen LogP contribution in [0.1, 0.15) is 25.3 Å². The summed E-state index contributed by atoms with van der Waals surface area (Å²) in [4.78, 5) is 16.8. The highest BCUT2D eigenvalue weighted by Gasteiger charge is 2.40. The summed E-state index contributed by atoms with van der Waals surface area (Å²) in [5.41, 5.74) is 1.28. The van der Waals surface area contributed by atoms with Crippen LogP contribution in [0.5, 0.6) is 0 Å². The van der Waals surface area contributed by atoms with Crippen molar-refractivity contribution in [2.24, 2.45) is 10.9 Å². The standard InChI is InChI=1S/C19H16N4O2/c1-3-25-19(24)16-12(2)23-18(14(9-20)10-21)15(11-22)17(16)13-7-5-4-6-8-13/h4-8,16-17,20H,3H2,1-2H3/t16?,17-/m1/s1. The highest BCUT2D eigenvalue weighted by atomic mass is 16.5. The first-order chi connectivity index (χ1) is 12.1. The molecule has 0 fully saturated rings. The van der Waals surface area contributed by atoms with Crippen molar-refractivity contribution < 1.29 is 9.53 Å². The van der Waals surface area contributed by atoms with Crippen LogP contribution in [-0.4, -0.2) is 24.2 Å². The molecule has 1 aromatic rings. The number of carbonyl (C=O) groups excluding carboxylic acids is 1. The second-order valence-electron chi connectivity index (χ2n) is 5.36. The van der Waals surface area contributed by atoms with E-state index in [1.54, 1.807) is 13.8 Å². The summed E-state index contributed by atoms with van der Waals surface area (Å²) in [6.45, 7) is 3.58. The zero-order chi connectivity index (χ0) is 18.4. The molecule has 2 atom stereocenters. The lowest BCUT2D eigenvalue weighted by molar-refractivity contribution is -0.146. The topological polar surface area (TPSA) is 110 Å². The van der Waals surface area contributed by atoms with Crippen LogP contribution in [0.4, 0.5) is 0 Å².